The molecule has 0 bridgehead atoms. The van der Waals surface area contributed by atoms with E-state index in [1.807, 2.05) is 54.6 Å². The molecule has 1 saturated heterocycles. The van der Waals surface area contributed by atoms with Crippen molar-refractivity contribution in [1.29, 1.82) is 0 Å². The van der Waals surface area contributed by atoms with Crippen molar-refractivity contribution in [2.24, 2.45) is 0 Å². The van der Waals surface area contributed by atoms with Gasteiger partial charge in [0.2, 0.25) is 5.91 Å². The third-order valence-electron chi connectivity index (χ3n) is 7.36. The highest BCUT2D eigenvalue weighted by Crippen LogP contribution is 2.27. The molecule has 1 aliphatic rings. The normalized spacial score (nSPS) is 13.9. The lowest BCUT2D eigenvalue weighted by Gasteiger charge is -2.32. The molecule has 218 valence electrons. The number of hydrogen-bond donors (Lipinski definition) is 1. The first-order valence-corrected chi connectivity index (χ1v) is 14.0. The van der Waals surface area contributed by atoms with Crippen LogP contribution in [0.15, 0.2) is 97.3 Å². The van der Waals surface area contributed by atoms with E-state index in [0.717, 1.165) is 24.3 Å². The van der Waals surface area contributed by atoms with E-state index < -0.39 is 17.8 Å². The number of morpholine rings is 1. The van der Waals surface area contributed by atoms with E-state index in [4.69, 9.17) is 4.74 Å². The smallest absolute Gasteiger partial charge is 0.251 e. The summed E-state index contributed by atoms with van der Waals surface area (Å²) in [5, 5.41) is 11.3. The van der Waals surface area contributed by atoms with Crippen LogP contribution >= 0.6 is 0 Å². The number of fused-ring (bicyclic) bond motifs is 1. The number of nitrogens with zero attached hydrogens (tertiary/aromatic N) is 6. The number of pyridine rings is 1. The molecular formula is C32H30FN7O3. The highest BCUT2D eigenvalue weighted by Gasteiger charge is 2.32. The topological polar surface area (TPSA) is 105 Å². The van der Waals surface area contributed by atoms with Crippen molar-refractivity contribution >= 4 is 34.2 Å². The van der Waals surface area contributed by atoms with Crippen LogP contribution in [0.1, 0.15) is 17.2 Å². The third kappa shape index (κ3) is 6.52. The molecule has 0 aliphatic carbocycles. The largest absolute Gasteiger partial charge is 0.378 e. The Kier molecular flexibility index (Phi) is 8.32. The minimum atomic E-state index is -1.08. The maximum atomic E-state index is 14.1. The van der Waals surface area contributed by atoms with Gasteiger partial charge in [-0.1, -0.05) is 35.5 Å². The van der Waals surface area contributed by atoms with Crippen LogP contribution in [0, 0.1) is 5.82 Å². The average molecular weight is 580 g/mol. The summed E-state index contributed by atoms with van der Waals surface area (Å²) in [6, 6.07) is 23.0. The Balaban J connectivity index is 1.32. The summed E-state index contributed by atoms with van der Waals surface area (Å²) in [5.74, 6) is -1.25. The first-order valence-electron chi connectivity index (χ1n) is 14.0. The summed E-state index contributed by atoms with van der Waals surface area (Å²) in [4.78, 5) is 36.0. The molecule has 10 nitrogen and oxygen atoms in total. The summed E-state index contributed by atoms with van der Waals surface area (Å²) in [6.07, 6.45) is 3.29. The van der Waals surface area contributed by atoms with Gasteiger partial charge in [-0.2, -0.15) is 0 Å². The molecule has 1 fully saturated rings. The Hall–Kier alpha value is -5.16. The van der Waals surface area contributed by atoms with Gasteiger partial charge < -0.3 is 19.9 Å². The predicted octanol–water partition coefficient (Wildman–Crippen LogP) is 4.21. The molecule has 0 saturated carbocycles. The fourth-order valence-electron chi connectivity index (χ4n) is 5.17. The molecule has 1 aliphatic heterocycles. The number of amides is 2. The van der Waals surface area contributed by atoms with E-state index in [9.17, 15) is 14.0 Å². The van der Waals surface area contributed by atoms with Gasteiger partial charge in [0.25, 0.3) is 5.91 Å². The highest BCUT2D eigenvalue weighted by atomic mass is 19.1. The van der Waals surface area contributed by atoms with Gasteiger partial charge in [-0.25, -0.2) is 9.07 Å². The summed E-state index contributed by atoms with van der Waals surface area (Å²) in [7, 11) is 0. The third-order valence-corrected chi connectivity index (χ3v) is 7.36. The zero-order valence-electron chi connectivity index (χ0n) is 23.3. The minimum absolute atomic E-state index is 0.0880. The zero-order valence-corrected chi connectivity index (χ0v) is 23.3. The van der Waals surface area contributed by atoms with Gasteiger partial charge in [0.15, 0.2) is 0 Å². The van der Waals surface area contributed by atoms with Gasteiger partial charge in [-0.15, -0.1) is 5.10 Å². The SMILES string of the molecule is O=C(Nc1ccc(N2CCOCC2)cc1)[C@@H](c1ccc(F)cc1)N(Cc1cccnc1)C(=O)Cn1nnc2ccccc21. The lowest BCUT2D eigenvalue weighted by molar-refractivity contribution is -0.140. The molecule has 6 rings (SSSR count). The van der Waals surface area contributed by atoms with Gasteiger partial charge in [-0.3, -0.25) is 14.6 Å². The van der Waals surface area contributed by atoms with E-state index in [1.54, 1.807) is 18.5 Å². The Morgan fingerprint density at radius 3 is 2.47 bits per heavy atom. The highest BCUT2D eigenvalue weighted by molar-refractivity contribution is 5.98. The Morgan fingerprint density at radius 2 is 1.72 bits per heavy atom. The number of carbonyl (C=O) groups is 2. The molecule has 2 amide bonds. The first-order chi connectivity index (χ1) is 21.0. The van der Waals surface area contributed by atoms with Crippen LogP contribution < -0.4 is 10.2 Å². The van der Waals surface area contributed by atoms with Crippen molar-refractivity contribution in [3.8, 4) is 0 Å². The summed E-state index contributed by atoms with van der Waals surface area (Å²) in [6.45, 7) is 2.87. The molecule has 43 heavy (non-hydrogen) atoms. The number of hydrogen-bond acceptors (Lipinski definition) is 7. The van der Waals surface area contributed by atoms with Gasteiger partial charge in [0.05, 0.1) is 18.7 Å². The van der Waals surface area contributed by atoms with Crippen LogP contribution in [-0.2, 0) is 27.4 Å². The van der Waals surface area contributed by atoms with Crippen molar-refractivity contribution in [3.05, 3.63) is 114 Å². The fraction of sp³-hybridized carbons (Fsp3) is 0.219. The standard InChI is InChI=1S/C32H30FN7O3/c33-25-9-7-24(8-10-25)31(32(42)35-26-11-13-27(14-12-26)38-16-18-43-19-17-38)39(21-23-4-3-15-34-20-23)30(41)22-40-29-6-2-1-5-28(29)36-37-40/h1-15,20,31H,16-19,21-22H2,(H,35,42)/t31-/m1/s1. The number of benzene rings is 3. The number of aromatic nitrogens is 4. The van der Waals surface area contributed by atoms with Crippen molar-refractivity contribution in [2.75, 3.05) is 36.5 Å². The van der Waals surface area contributed by atoms with Crippen LogP contribution in [0.3, 0.4) is 0 Å². The van der Waals surface area contributed by atoms with Crippen LogP contribution in [0.5, 0.6) is 0 Å². The van der Waals surface area contributed by atoms with Crippen molar-refractivity contribution in [3.63, 3.8) is 0 Å². The van der Waals surface area contributed by atoms with E-state index in [0.29, 0.717) is 35.5 Å². The summed E-state index contributed by atoms with van der Waals surface area (Å²) in [5.41, 5.74) is 4.15. The molecule has 11 heteroatoms. The van der Waals surface area contributed by atoms with E-state index in [2.05, 4.69) is 25.5 Å². The number of carbonyl (C=O) groups excluding carboxylic acids is 2. The van der Waals surface area contributed by atoms with Crippen LogP contribution in [-0.4, -0.2) is 63.0 Å². The molecule has 5 aromatic rings. The molecule has 1 N–H and O–H groups in total. The van der Waals surface area contributed by atoms with Crippen LogP contribution in [0.2, 0.25) is 0 Å². The number of ether oxygens (including phenoxy) is 1. The van der Waals surface area contributed by atoms with Crippen LogP contribution in [0.25, 0.3) is 11.0 Å². The van der Waals surface area contributed by atoms with Crippen LogP contribution in [0.4, 0.5) is 15.8 Å². The lowest BCUT2D eigenvalue weighted by Crippen LogP contribution is -2.42. The zero-order chi connectivity index (χ0) is 29.6. The maximum absolute atomic E-state index is 14.1. The molecule has 0 unspecified atom stereocenters. The van der Waals surface area contributed by atoms with Gasteiger partial charge >= 0.3 is 0 Å². The Bertz CT molecular complexity index is 1690. The van der Waals surface area contributed by atoms with Crippen molar-refractivity contribution in [1.82, 2.24) is 24.9 Å². The predicted molar refractivity (Wildman–Crippen MR) is 160 cm³/mol. The number of halogens is 1. The first kappa shape index (κ1) is 28.0. The average Bonchev–Trinajstić information content (AvgIpc) is 3.45. The van der Waals surface area contributed by atoms with Crippen molar-refractivity contribution < 1.29 is 18.7 Å². The van der Waals surface area contributed by atoms with E-state index >= 15 is 0 Å². The van der Waals surface area contributed by atoms with Crippen molar-refractivity contribution in [2.45, 2.75) is 19.1 Å². The number of nitrogens with one attached hydrogen (secondary N) is 1. The van der Waals surface area contributed by atoms with E-state index in [1.165, 1.54) is 33.8 Å². The maximum Gasteiger partial charge on any atom is 0.251 e. The van der Waals surface area contributed by atoms with E-state index in [-0.39, 0.29) is 19.0 Å². The number of para-hydroxylation sites is 1. The molecule has 0 radical (unpaired) electrons. The fourth-order valence-corrected chi connectivity index (χ4v) is 5.17. The molecule has 3 heterocycles. The monoisotopic (exact) mass is 579 g/mol. The van der Waals surface area contributed by atoms with Gasteiger partial charge in [0.1, 0.15) is 23.9 Å². The molecule has 2 aromatic heterocycles. The molecule has 1 atom stereocenters. The number of rotatable bonds is 9. The molecule has 0 spiro atoms. The summed E-state index contributed by atoms with van der Waals surface area (Å²) < 4.78 is 20.9. The second-order valence-electron chi connectivity index (χ2n) is 10.2. The summed E-state index contributed by atoms with van der Waals surface area (Å²) >= 11 is 0. The Labute approximate surface area is 247 Å². The second kappa shape index (κ2) is 12.8. The molecule has 3 aromatic carbocycles. The quantitative estimate of drug-likeness (QED) is 0.279. The Morgan fingerprint density at radius 1 is 0.953 bits per heavy atom. The van der Waals surface area contributed by atoms with Gasteiger partial charge in [0, 0.05) is 43.4 Å². The molecular weight excluding hydrogens is 549 g/mol. The number of anilines is 2. The minimum Gasteiger partial charge on any atom is -0.378 e. The van der Waals surface area contributed by atoms with Gasteiger partial charge in [-0.05, 0) is 65.7 Å². The second-order valence-corrected chi connectivity index (χ2v) is 10.2. The lowest BCUT2D eigenvalue weighted by atomic mass is 10.0.